The van der Waals surface area contributed by atoms with Crippen LogP contribution >= 0.6 is 0 Å². The molecule has 3 aromatic rings. The number of fused-ring (bicyclic) bond motifs is 1. The SMILES string of the molecule is O=C(NC1CCN(Cc2ccccc2)CC1)C1CCC(Cn2cnc3ccccc3c2=O)CC1. The summed E-state index contributed by atoms with van der Waals surface area (Å²) in [7, 11) is 0. The van der Waals surface area contributed by atoms with Gasteiger partial charge in [0.15, 0.2) is 0 Å². The third-order valence-corrected chi connectivity index (χ3v) is 7.59. The molecule has 1 aliphatic carbocycles. The number of nitrogens with zero attached hydrogens (tertiary/aromatic N) is 3. The monoisotopic (exact) mass is 458 g/mol. The van der Waals surface area contributed by atoms with E-state index in [0.717, 1.165) is 63.7 Å². The first-order valence-corrected chi connectivity index (χ1v) is 12.7. The quantitative estimate of drug-likeness (QED) is 0.607. The highest BCUT2D eigenvalue weighted by atomic mass is 16.2. The third kappa shape index (κ3) is 5.39. The van der Waals surface area contributed by atoms with E-state index in [2.05, 4.69) is 45.5 Å². The number of aromatic nitrogens is 2. The summed E-state index contributed by atoms with van der Waals surface area (Å²) in [5.41, 5.74) is 2.13. The van der Waals surface area contributed by atoms with Gasteiger partial charge in [-0.3, -0.25) is 19.1 Å². The summed E-state index contributed by atoms with van der Waals surface area (Å²) in [4.78, 5) is 32.6. The number of nitrogens with one attached hydrogen (secondary N) is 1. The molecule has 178 valence electrons. The molecule has 2 aliphatic rings. The van der Waals surface area contributed by atoms with Crippen molar-refractivity contribution in [2.24, 2.45) is 11.8 Å². The van der Waals surface area contributed by atoms with Crippen LogP contribution in [0.1, 0.15) is 44.1 Å². The maximum Gasteiger partial charge on any atom is 0.261 e. The second-order valence-corrected chi connectivity index (χ2v) is 9.98. The van der Waals surface area contributed by atoms with E-state index in [-0.39, 0.29) is 17.4 Å². The number of hydrogen-bond acceptors (Lipinski definition) is 4. The Hall–Kier alpha value is -2.99. The van der Waals surface area contributed by atoms with Gasteiger partial charge in [0, 0.05) is 38.1 Å². The van der Waals surface area contributed by atoms with Gasteiger partial charge in [0.25, 0.3) is 5.56 Å². The molecule has 1 aromatic heterocycles. The second-order valence-electron chi connectivity index (χ2n) is 9.98. The van der Waals surface area contributed by atoms with Gasteiger partial charge in [-0.25, -0.2) is 4.98 Å². The minimum Gasteiger partial charge on any atom is -0.353 e. The molecule has 1 aliphatic heterocycles. The van der Waals surface area contributed by atoms with E-state index >= 15 is 0 Å². The zero-order valence-electron chi connectivity index (χ0n) is 19.7. The number of para-hydroxylation sites is 1. The Morgan fingerprint density at radius 3 is 2.38 bits per heavy atom. The van der Waals surface area contributed by atoms with Crippen LogP contribution in [0.5, 0.6) is 0 Å². The third-order valence-electron chi connectivity index (χ3n) is 7.59. The Labute approximate surface area is 201 Å². The van der Waals surface area contributed by atoms with E-state index in [1.54, 1.807) is 10.9 Å². The molecule has 0 bridgehead atoms. The van der Waals surface area contributed by atoms with E-state index in [9.17, 15) is 9.59 Å². The molecule has 2 aromatic carbocycles. The van der Waals surface area contributed by atoms with Gasteiger partial charge < -0.3 is 5.32 Å². The Bertz CT molecular complexity index is 1160. The van der Waals surface area contributed by atoms with Crippen LogP contribution in [0, 0.1) is 11.8 Å². The second kappa shape index (κ2) is 10.5. The number of carbonyl (C=O) groups excluding carboxylic acids is 1. The summed E-state index contributed by atoms with van der Waals surface area (Å²) in [6, 6.07) is 18.4. The fraction of sp³-hybridized carbons (Fsp3) is 0.464. The standard InChI is InChI=1S/C28H34N4O2/c33-27(30-24-14-16-31(17-15-24)18-21-6-2-1-3-7-21)23-12-10-22(11-13-23)19-32-20-29-26-9-5-4-8-25(26)28(32)34/h1-9,20,22-24H,10-19H2,(H,30,33). The molecular weight excluding hydrogens is 424 g/mol. The van der Waals surface area contributed by atoms with Gasteiger partial charge >= 0.3 is 0 Å². The first kappa shape index (κ1) is 22.8. The lowest BCUT2D eigenvalue weighted by Crippen LogP contribution is -2.46. The molecule has 0 unspecified atom stereocenters. The Balaban J connectivity index is 1.07. The van der Waals surface area contributed by atoms with Gasteiger partial charge in [-0.15, -0.1) is 0 Å². The number of piperidine rings is 1. The van der Waals surface area contributed by atoms with Crippen LogP contribution in [-0.2, 0) is 17.9 Å². The van der Waals surface area contributed by atoms with Crippen molar-refractivity contribution in [2.75, 3.05) is 13.1 Å². The lowest BCUT2D eigenvalue weighted by Gasteiger charge is -2.34. The number of benzene rings is 2. The average molecular weight is 459 g/mol. The van der Waals surface area contributed by atoms with E-state index in [1.165, 1.54) is 5.56 Å². The lowest BCUT2D eigenvalue weighted by molar-refractivity contribution is -0.127. The van der Waals surface area contributed by atoms with Crippen LogP contribution in [0.2, 0.25) is 0 Å². The molecule has 1 saturated heterocycles. The molecule has 0 atom stereocenters. The van der Waals surface area contributed by atoms with Crippen molar-refractivity contribution in [1.82, 2.24) is 19.8 Å². The summed E-state index contributed by atoms with van der Waals surface area (Å²) in [6.45, 7) is 3.73. The smallest absolute Gasteiger partial charge is 0.261 e. The highest BCUT2D eigenvalue weighted by Crippen LogP contribution is 2.30. The van der Waals surface area contributed by atoms with Crippen molar-refractivity contribution in [3.8, 4) is 0 Å². The average Bonchev–Trinajstić information content (AvgIpc) is 2.88. The number of rotatable bonds is 6. The largest absolute Gasteiger partial charge is 0.353 e. The fourth-order valence-corrected chi connectivity index (χ4v) is 5.52. The van der Waals surface area contributed by atoms with Gasteiger partial charge in [-0.05, 0) is 62.1 Å². The molecule has 2 heterocycles. The Morgan fingerprint density at radius 2 is 1.62 bits per heavy atom. The number of hydrogen-bond donors (Lipinski definition) is 1. The zero-order chi connectivity index (χ0) is 23.3. The van der Waals surface area contributed by atoms with Crippen molar-refractivity contribution in [2.45, 2.75) is 57.7 Å². The molecule has 6 heteroatoms. The van der Waals surface area contributed by atoms with Crippen molar-refractivity contribution in [1.29, 1.82) is 0 Å². The van der Waals surface area contributed by atoms with Gasteiger partial charge in [-0.2, -0.15) is 0 Å². The van der Waals surface area contributed by atoms with Crippen LogP contribution < -0.4 is 10.9 Å². The topological polar surface area (TPSA) is 67.2 Å². The lowest BCUT2D eigenvalue weighted by atomic mass is 9.81. The van der Waals surface area contributed by atoms with Crippen molar-refractivity contribution in [3.05, 3.63) is 76.8 Å². The first-order valence-electron chi connectivity index (χ1n) is 12.7. The number of amides is 1. The van der Waals surface area contributed by atoms with E-state index in [0.29, 0.717) is 23.9 Å². The molecule has 6 nitrogen and oxygen atoms in total. The predicted molar refractivity (Wildman–Crippen MR) is 134 cm³/mol. The summed E-state index contributed by atoms with van der Waals surface area (Å²) in [5, 5.41) is 4.01. The molecule has 0 radical (unpaired) electrons. The van der Waals surface area contributed by atoms with Crippen LogP contribution in [-0.4, -0.2) is 39.5 Å². The predicted octanol–water partition coefficient (Wildman–Crippen LogP) is 3.98. The molecule has 2 fully saturated rings. The summed E-state index contributed by atoms with van der Waals surface area (Å²) < 4.78 is 1.75. The highest BCUT2D eigenvalue weighted by molar-refractivity contribution is 5.79. The number of carbonyl (C=O) groups is 1. The van der Waals surface area contributed by atoms with Crippen LogP contribution in [0.4, 0.5) is 0 Å². The van der Waals surface area contributed by atoms with Gasteiger partial charge in [0.05, 0.1) is 17.2 Å². The van der Waals surface area contributed by atoms with E-state index in [1.807, 2.05) is 24.3 Å². The maximum absolute atomic E-state index is 12.9. The molecule has 1 amide bonds. The first-order chi connectivity index (χ1) is 16.7. The molecule has 34 heavy (non-hydrogen) atoms. The number of likely N-dealkylation sites (tertiary alicyclic amines) is 1. The van der Waals surface area contributed by atoms with Crippen molar-refractivity contribution < 1.29 is 4.79 Å². The fourth-order valence-electron chi connectivity index (χ4n) is 5.52. The molecule has 0 spiro atoms. The Morgan fingerprint density at radius 1 is 0.912 bits per heavy atom. The van der Waals surface area contributed by atoms with Gasteiger partial charge in [0.1, 0.15) is 0 Å². The molecular formula is C28H34N4O2. The highest BCUT2D eigenvalue weighted by Gasteiger charge is 2.29. The van der Waals surface area contributed by atoms with E-state index in [4.69, 9.17) is 0 Å². The van der Waals surface area contributed by atoms with Gasteiger partial charge in [0.2, 0.25) is 5.91 Å². The maximum atomic E-state index is 12.9. The van der Waals surface area contributed by atoms with Crippen molar-refractivity contribution in [3.63, 3.8) is 0 Å². The Kier molecular flexibility index (Phi) is 7.05. The van der Waals surface area contributed by atoms with Gasteiger partial charge in [-0.1, -0.05) is 42.5 Å². The normalized spacial score (nSPS) is 22.0. The summed E-state index contributed by atoms with van der Waals surface area (Å²) >= 11 is 0. The molecule has 1 N–H and O–H groups in total. The molecule has 1 saturated carbocycles. The summed E-state index contributed by atoms with van der Waals surface area (Å²) in [6.07, 6.45) is 7.48. The van der Waals surface area contributed by atoms with Crippen molar-refractivity contribution >= 4 is 16.8 Å². The molecule has 5 rings (SSSR count). The summed E-state index contributed by atoms with van der Waals surface area (Å²) in [5.74, 6) is 0.750. The minimum atomic E-state index is 0.0315. The zero-order valence-corrected chi connectivity index (χ0v) is 19.7. The van der Waals surface area contributed by atoms with Crippen LogP contribution in [0.15, 0.2) is 65.7 Å². The van der Waals surface area contributed by atoms with Crippen LogP contribution in [0.25, 0.3) is 10.9 Å². The minimum absolute atomic E-state index is 0.0315. The van der Waals surface area contributed by atoms with E-state index < -0.39 is 0 Å². The van der Waals surface area contributed by atoms with Crippen LogP contribution in [0.3, 0.4) is 0 Å².